The number of amides is 1. The maximum atomic E-state index is 12.7. The quantitative estimate of drug-likeness (QED) is 0.786. The topological polar surface area (TPSA) is 84.4 Å². The number of hydrogen-bond donors (Lipinski definition) is 1. The van der Waals surface area contributed by atoms with Gasteiger partial charge in [0.05, 0.1) is 37.0 Å². The lowest BCUT2D eigenvalue weighted by Gasteiger charge is -2.27. The summed E-state index contributed by atoms with van der Waals surface area (Å²) in [6, 6.07) is 9.44. The molecule has 1 N–H and O–H groups in total. The summed E-state index contributed by atoms with van der Waals surface area (Å²) in [5.41, 5.74) is 2.99. The lowest BCUT2D eigenvalue weighted by molar-refractivity contribution is -0.132. The van der Waals surface area contributed by atoms with Crippen LogP contribution < -0.4 is 0 Å². The lowest BCUT2D eigenvalue weighted by atomic mass is 10.1. The molecule has 1 amide bonds. The Labute approximate surface area is 144 Å². The van der Waals surface area contributed by atoms with Gasteiger partial charge in [-0.2, -0.15) is 5.10 Å². The van der Waals surface area contributed by atoms with E-state index >= 15 is 0 Å². The van der Waals surface area contributed by atoms with Gasteiger partial charge in [-0.15, -0.1) is 0 Å². The van der Waals surface area contributed by atoms with Crippen molar-refractivity contribution >= 4 is 16.9 Å². The van der Waals surface area contributed by atoms with Crippen LogP contribution >= 0.6 is 0 Å². The van der Waals surface area contributed by atoms with Gasteiger partial charge in [0, 0.05) is 11.9 Å². The first kappa shape index (κ1) is 15.8. The number of carbonyl (C=O) groups is 1. The van der Waals surface area contributed by atoms with Crippen LogP contribution in [0, 0.1) is 0 Å². The molecule has 0 spiro atoms. The maximum absolute atomic E-state index is 12.7. The Morgan fingerprint density at radius 1 is 1.36 bits per heavy atom. The van der Waals surface area contributed by atoms with Crippen molar-refractivity contribution in [1.29, 1.82) is 0 Å². The van der Waals surface area contributed by atoms with E-state index in [-0.39, 0.29) is 12.3 Å². The van der Waals surface area contributed by atoms with Gasteiger partial charge in [0.25, 0.3) is 0 Å². The Kier molecular flexibility index (Phi) is 4.01. The highest BCUT2D eigenvalue weighted by molar-refractivity contribution is 5.86. The van der Waals surface area contributed by atoms with Gasteiger partial charge in [0.2, 0.25) is 5.91 Å². The van der Waals surface area contributed by atoms with E-state index in [9.17, 15) is 9.90 Å². The summed E-state index contributed by atoms with van der Waals surface area (Å²) >= 11 is 0. The molecule has 0 saturated heterocycles. The summed E-state index contributed by atoms with van der Waals surface area (Å²) in [6.07, 6.45) is 0.289. The minimum atomic E-state index is -0.552. The Balaban J connectivity index is 1.49. The van der Waals surface area contributed by atoms with Crippen molar-refractivity contribution in [2.45, 2.75) is 39.0 Å². The number of aliphatic hydroxyl groups is 1. The minimum Gasteiger partial charge on any atom is -0.387 e. The van der Waals surface area contributed by atoms with Gasteiger partial charge in [-0.1, -0.05) is 24.2 Å². The first-order valence-corrected chi connectivity index (χ1v) is 8.51. The molecule has 3 aromatic rings. The smallest absolute Gasteiger partial charge is 0.229 e. The van der Waals surface area contributed by atoms with Gasteiger partial charge in [-0.3, -0.25) is 9.48 Å². The predicted molar refractivity (Wildman–Crippen MR) is 90.6 cm³/mol. The summed E-state index contributed by atoms with van der Waals surface area (Å²) in [4.78, 5) is 14.5. The molecule has 2 aromatic heterocycles. The first-order chi connectivity index (χ1) is 12.2. The first-order valence-electron chi connectivity index (χ1n) is 8.51. The summed E-state index contributed by atoms with van der Waals surface area (Å²) in [5, 5.41) is 19.3. The highest BCUT2D eigenvalue weighted by atomic mass is 16.5. The molecule has 4 rings (SSSR count). The number of rotatable bonds is 4. The number of fused-ring (bicyclic) bond motifs is 2. The van der Waals surface area contributed by atoms with E-state index < -0.39 is 6.10 Å². The molecule has 1 unspecified atom stereocenters. The fourth-order valence-electron chi connectivity index (χ4n) is 3.19. The van der Waals surface area contributed by atoms with E-state index in [2.05, 4.69) is 10.3 Å². The second kappa shape index (κ2) is 6.33. The third-order valence-corrected chi connectivity index (χ3v) is 4.67. The molecule has 7 nitrogen and oxygen atoms in total. The standard InChI is InChI=1S/C18H20N4O3/c1-2-16(23)15-9-12-11-21(7-8-22(12)19-15)18(24)10-14-13-5-3-4-6-17(13)25-20-14/h3-6,9,16,23H,2,7-8,10-11H2,1H3. The zero-order valence-electron chi connectivity index (χ0n) is 14.1. The van der Waals surface area contributed by atoms with Crippen LogP contribution in [0.3, 0.4) is 0 Å². The third kappa shape index (κ3) is 2.91. The fourth-order valence-corrected chi connectivity index (χ4v) is 3.19. The van der Waals surface area contributed by atoms with Crippen LogP contribution in [0.4, 0.5) is 0 Å². The van der Waals surface area contributed by atoms with Crippen LogP contribution in [0.2, 0.25) is 0 Å². The molecule has 1 aromatic carbocycles. The number of aliphatic hydroxyl groups excluding tert-OH is 1. The van der Waals surface area contributed by atoms with Gasteiger partial charge >= 0.3 is 0 Å². The number of benzene rings is 1. The Morgan fingerprint density at radius 2 is 2.20 bits per heavy atom. The lowest BCUT2D eigenvalue weighted by Crippen LogP contribution is -2.39. The highest BCUT2D eigenvalue weighted by Gasteiger charge is 2.25. The van der Waals surface area contributed by atoms with Crippen molar-refractivity contribution < 1.29 is 14.4 Å². The molecule has 7 heteroatoms. The molecule has 1 atom stereocenters. The normalized spacial score (nSPS) is 15.4. The second-order valence-corrected chi connectivity index (χ2v) is 6.33. The molecular formula is C18H20N4O3. The zero-order chi connectivity index (χ0) is 17.4. The predicted octanol–water partition coefficient (Wildman–Crippen LogP) is 2.05. The van der Waals surface area contributed by atoms with Crippen LogP contribution in [-0.2, 0) is 24.3 Å². The number of hydrogen-bond acceptors (Lipinski definition) is 5. The summed E-state index contributed by atoms with van der Waals surface area (Å²) in [6.45, 7) is 3.65. The van der Waals surface area contributed by atoms with E-state index in [0.29, 0.717) is 43.0 Å². The van der Waals surface area contributed by atoms with E-state index in [1.807, 2.05) is 46.8 Å². The van der Waals surface area contributed by atoms with Gasteiger partial charge in [-0.25, -0.2) is 0 Å². The molecular weight excluding hydrogens is 320 g/mol. The highest BCUT2D eigenvalue weighted by Crippen LogP contribution is 2.22. The van der Waals surface area contributed by atoms with Crippen LogP contribution in [0.5, 0.6) is 0 Å². The Morgan fingerprint density at radius 3 is 3.04 bits per heavy atom. The monoisotopic (exact) mass is 340 g/mol. The fraction of sp³-hybridized carbons (Fsp3) is 0.389. The van der Waals surface area contributed by atoms with Crippen molar-refractivity contribution in [3.63, 3.8) is 0 Å². The third-order valence-electron chi connectivity index (χ3n) is 4.67. The molecule has 0 bridgehead atoms. The van der Waals surface area contributed by atoms with Crippen molar-refractivity contribution in [1.82, 2.24) is 19.8 Å². The van der Waals surface area contributed by atoms with E-state index in [1.54, 1.807) is 0 Å². The van der Waals surface area contributed by atoms with Gasteiger partial charge < -0.3 is 14.5 Å². The molecule has 1 aliphatic rings. The van der Waals surface area contributed by atoms with Gasteiger partial charge in [0.15, 0.2) is 5.58 Å². The minimum absolute atomic E-state index is 0.0177. The van der Waals surface area contributed by atoms with Gasteiger partial charge in [-0.05, 0) is 24.6 Å². The van der Waals surface area contributed by atoms with Crippen LogP contribution in [0.15, 0.2) is 34.9 Å². The largest absolute Gasteiger partial charge is 0.387 e. The van der Waals surface area contributed by atoms with Gasteiger partial charge in [0.1, 0.15) is 5.69 Å². The number of carbonyl (C=O) groups excluding carboxylic acids is 1. The molecule has 1 aliphatic heterocycles. The van der Waals surface area contributed by atoms with E-state index in [4.69, 9.17) is 4.52 Å². The molecule has 0 fully saturated rings. The number of aromatic nitrogens is 3. The molecule has 0 aliphatic carbocycles. The molecule has 130 valence electrons. The summed E-state index contributed by atoms with van der Waals surface area (Å²) < 4.78 is 7.15. The van der Waals surface area contributed by atoms with E-state index in [1.165, 1.54) is 0 Å². The Hall–Kier alpha value is -2.67. The zero-order valence-corrected chi connectivity index (χ0v) is 14.1. The van der Waals surface area contributed by atoms with Crippen molar-refractivity contribution in [3.05, 3.63) is 47.4 Å². The molecule has 0 saturated carbocycles. The van der Waals surface area contributed by atoms with Crippen LogP contribution in [0.25, 0.3) is 11.0 Å². The molecule has 25 heavy (non-hydrogen) atoms. The maximum Gasteiger partial charge on any atom is 0.229 e. The molecule has 3 heterocycles. The second-order valence-electron chi connectivity index (χ2n) is 6.33. The summed E-state index contributed by atoms with van der Waals surface area (Å²) in [7, 11) is 0. The van der Waals surface area contributed by atoms with Crippen LogP contribution in [-0.4, -0.2) is 37.4 Å². The number of nitrogens with zero attached hydrogens (tertiary/aromatic N) is 4. The SMILES string of the molecule is CCC(O)c1cc2n(n1)CCN(C(=O)Cc1noc3ccccc13)C2. The van der Waals surface area contributed by atoms with Crippen LogP contribution in [0.1, 0.15) is 36.5 Å². The Bertz CT molecular complexity index is 914. The van der Waals surface area contributed by atoms with Crippen molar-refractivity contribution in [2.24, 2.45) is 0 Å². The van der Waals surface area contributed by atoms with Crippen molar-refractivity contribution in [3.8, 4) is 0 Å². The van der Waals surface area contributed by atoms with Crippen molar-refractivity contribution in [2.75, 3.05) is 6.54 Å². The summed E-state index contributed by atoms with van der Waals surface area (Å²) in [5.74, 6) is 0.0177. The molecule has 0 radical (unpaired) electrons. The number of para-hydroxylation sites is 1. The average Bonchev–Trinajstić information content (AvgIpc) is 3.24. The van der Waals surface area contributed by atoms with E-state index in [0.717, 1.165) is 11.1 Å². The average molecular weight is 340 g/mol.